The molecule has 0 bridgehead atoms. The standard InChI is InChI=1S/C13H25NO2/c1-3-12(13(15)16)10-14(2)9-8-11-6-4-5-7-11/h11-12H,3-10H2,1-2H3,(H,15,16). The van der Waals surface area contributed by atoms with Gasteiger partial charge in [-0.1, -0.05) is 32.6 Å². The Morgan fingerprint density at radius 2 is 2.06 bits per heavy atom. The second-order valence-corrected chi connectivity index (χ2v) is 5.14. The Balaban J connectivity index is 2.18. The van der Waals surface area contributed by atoms with E-state index in [1.54, 1.807) is 0 Å². The highest BCUT2D eigenvalue weighted by molar-refractivity contribution is 5.70. The molecule has 1 fully saturated rings. The average Bonchev–Trinajstić information content (AvgIpc) is 2.75. The molecule has 3 nitrogen and oxygen atoms in total. The van der Waals surface area contributed by atoms with Crippen LogP contribution >= 0.6 is 0 Å². The summed E-state index contributed by atoms with van der Waals surface area (Å²) in [7, 11) is 2.04. The Hall–Kier alpha value is -0.570. The predicted octanol–water partition coefficient (Wildman–Crippen LogP) is 2.61. The summed E-state index contributed by atoms with van der Waals surface area (Å²) in [6, 6.07) is 0. The molecule has 0 aliphatic heterocycles. The zero-order valence-electron chi connectivity index (χ0n) is 10.6. The van der Waals surface area contributed by atoms with Crippen molar-refractivity contribution < 1.29 is 9.90 Å². The van der Waals surface area contributed by atoms with Gasteiger partial charge in [0.05, 0.1) is 5.92 Å². The Kier molecular flexibility index (Phi) is 5.81. The van der Waals surface area contributed by atoms with Crippen molar-refractivity contribution in [3.05, 3.63) is 0 Å². The van der Waals surface area contributed by atoms with Crippen molar-refractivity contribution in [1.29, 1.82) is 0 Å². The smallest absolute Gasteiger partial charge is 0.307 e. The minimum Gasteiger partial charge on any atom is -0.481 e. The number of carboxylic acids is 1. The molecule has 0 amide bonds. The van der Waals surface area contributed by atoms with E-state index in [1.807, 2.05) is 14.0 Å². The van der Waals surface area contributed by atoms with E-state index >= 15 is 0 Å². The number of nitrogens with zero attached hydrogens (tertiary/aromatic N) is 1. The molecule has 1 atom stereocenters. The highest BCUT2D eigenvalue weighted by Gasteiger charge is 2.19. The monoisotopic (exact) mass is 227 g/mol. The highest BCUT2D eigenvalue weighted by atomic mass is 16.4. The molecule has 0 saturated heterocycles. The fraction of sp³-hybridized carbons (Fsp3) is 0.923. The molecule has 1 aliphatic rings. The Labute approximate surface area is 98.8 Å². The second-order valence-electron chi connectivity index (χ2n) is 5.14. The topological polar surface area (TPSA) is 40.5 Å². The molecule has 3 heteroatoms. The van der Waals surface area contributed by atoms with Gasteiger partial charge in [0.1, 0.15) is 0 Å². The largest absolute Gasteiger partial charge is 0.481 e. The quantitative estimate of drug-likeness (QED) is 0.727. The van der Waals surface area contributed by atoms with Crippen molar-refractivity contribution in [2.24, 2.45) is 11.8 Å². The average molecular weight is 227 g/mol. The normalized spacial score (nSPS) is 19.2. The van der Waals surface area contributed by atoms with E-state index in [2.05, 4.69) is 4.90 Å². The fourth-order valence-electron chi connectivity index (χ4n) is 2.55. The van der Waals surface area contributed by atoms with Crippen LogP contribution in [0.3, 0.4) is 0 Å². The summed E-state index contributed by atoms with van der Waals surface area (Å²) in [6.45, 7) is 3.69. The lowest BCUT2D eigenvalue weighted by atomic mass is 10.0. The molecule has 16 heavy (non-hydrogen) atoms. The van der Waals surface area contributed by atoms with Crippen LogP contribution in [0.25, 0.3) is 0 Å². The zero-order valence-corrected chi connectivity index (χ0v) is 10.6. The van der Waals surface area contributed by atoms with Gasteiger partial charge in [0.15, 0.2) is 0 Å². The summed E-state index contributed by atoms with van der Waals surface area (Å²) in [6.07, 6.45) is 7.51. The third-order valence-electron chi connectivity index (χ3n) is 3.77. The van der Waals surface area contributed by atoms with Gasteiger partial charge in [-0.05, 0) is 32.4 Å². The molecular weight excluding hydrogens is 202 g/mol. The van der Waals surface area contributed by atoms with Gasteiger partial charge >= 0.3 is 5.97 Å². The lowest BCUT2D eigenvalue weighted by molar-refractivity contribution is -0.142. The molecule has 0 aromatic carbocycles. The van der Waals surface area contributed by atoms with Gasteiger partial charge in [-0.15, -0.1) is 0 Å². The van der Waals surface area contributed by atoms with Crippen LogP contribution < -0.4 is 0 Å². The third kappa shape index (κ3) is 4.52. The lowest BCUT2D eigenvalue weighted by Gasteiger charge is -2.21. The van der Waals surface area contributed by atoms with Gasteiger partial charge in [0.2, 0.25) is 0 Å². The SMILES string of the molecule is CCC(CN(C)CCC1CCCC1)C(=O)O. The van der Waals surface area contributed by atoms with Crippen LogP contribution in [0.1, 0.15) is 45.4 Å². The van der Waals surface area contributed by atoms with E-state index < -0.39 is 5.97 Å². The van der Waals surface area contributed by atoms with E-state index in [1.165, 1.54) is 32.1 Å². The predicted molar refractivity (Wildman–Crippen MR) is 65.5 cm³/mol. The summed E-state index contributed by atoms with van der Waals surface area (Å²) in [4.78, 5) is 13.1. The van der Waals surface area contributed by atoms with Crippen molar-refractivity contribution in [2.45, 2.75) is 45.4 Å². The molecule has 1 rings (SSSR count). The first-order valence-electron chi connectivity index (χ1n) is 6.54. The van der Waals surface area contributed by atoms with Crippen LogP contribution in [0.4, 0.5) is 0 Å². The minimum absolute atomic E-state index is 0.200. The van der Waals surface area contributed by atoms with Gasteiger partial charge in [0, 0.05) is 6.54 Å². The van der Waals surface area contributed by atoms with Crippen LogP contribution in [0, 0.1) is 11.8 Å². The summed E-state index contributed by atoms with van der Waals surface area (Å²) in [5.41, 5.74) is 0. The minimum atomic E-state index is -0.657. The van der Waals surface area contributed by atoms with Crippen LogP contribution in [0.15, 0.2) is 0 Å². The number of carbonyl (C=O) groups is 1. The highest BCUT2D eigenvalue weighted by Crippen LogP contribution is 2.27. The molecule has 0 radical (unpaired) electrons. The Bertz CT molecular complexity index is 212. The maximum Gasteiger partial charge on any atom is 0.307 e. The molecule has 1 N–H and O–H groups in total. The molecule has 1 saturated carbocycles. The molecule has 0 heterocycles. The van der Waals surface area contributed by atoms with Crippen LogP contribution in [0.5, 0.6) is 0 Å². The maximum atomic E-state index is 10.9. The summed E-state index contributed by atoms with van der Waals surface area (Å²) in [5.74, 6) is 0.0381. The molecule has 0 aromatic rings. The van der Waals surface area contributed by atoms with Crippen molar-refractivity contribution in [3.63, 3.8) is 0 Å². The summed E-state index contributed by atoms with van der Waals surface area (Å²) >= 11 is 0. The zero-order chi connectivity index (χ0) is 12.0. The van der Waals surface area contributed by atoms with E-state index in [-0.39, 0.29) is 5.92 Å². The van der Waals surface area contributed by atoms with Gasteiger partial charge in [-0.3, -0.25) is 4.79 Å². The molecule has 1 aliphatic carbocycles. The van der Waals surface area contributed by atoms with Crippen LogP contribution in [0.2, 0.25) is 0 Å². The molecular formula is C13H25NO2. The fourth-order valence-corrected chi connectivity index (χ4v) is 2.55. The number of hydrogen-bond acceptors (Lipinski definition) is 2. The van der Waals surface area contributed by atoms with E-state index in [4.69, 9.17) is 5.11 Å². The second kappa shape index (κ2) is 6.89. The van der Waals surface area contributed by atoms with E-state index in [0.717, 1.165) is 18.9 Å². The Morgan fingerprint density at radius 3 is 2.56 bits per heavy atom. The molecule has 94 valence electrons. The van der Waals surface area contributed by atoms with Gasteiger partial charge in [-0.25, -0.2) is 0 Å². The molecule has 1 unspecified atom stereocenters. The van der Waals surface area contributed by atoms with Gasteiger partial charge in [0.25, 0.3) is 0 Å². The van der Waals surface area contributed by atoms with E-state index in [0.29, 0.717) is 6.54 Å². The van der Waals surface area contributed by atoms with Crippen molar-refractivity contribution in [1.82, 2.24) is 4.90 Å². The van der Waals surface area contributed by atoms with Crippen LogP contribution in [-0.2, 0) is 4.79 Å². The van der Waals surface area contributed by atoms with Crippen molar-refractivity contribution in [2.75, 3.05) is 20.1 Å². The van der Waals surface area contributed by atoms with E-state index in [9.17, 15) is 4.79 Å². The van der Waals surface area contributed by atoms with Crippen LogP contribution in [-0.4, -0.2) is 36.1 Å². The Morgan fingerprint density at radius 1 is 1.44 bits per heavy atom. The maximum absolute atomic E-state index is 10.9. The van der Waals surface area contributed by atoms with Gasteiger partial charge < -0.3 is 10.0 Å². The number of rotatable bonds is 7. The van der Waals surface area contributed by atoms with Gasteiger partial charge in [-0.2, -0.15) is 0 Å². The first-order chi connectivity index (χ1) is 7.63. The first kappa shape index (κ1) is 13.5. The number of aliphatic carboxylic acids is 1. The van der Waals surface area contributed by atoms with Crippen molar-refractivity contribution in [3.8, 4) is 0 Å². The lowest BCUT2D eigenvalue weighted by Crippen LogP contribution is -2.31. The van der Waals surface area contributed by atoms with Crippen molar-refractivity contribution >= 4 is 5.97 Å². The molecule has 0 aromatic heterocycles. The molecule has 0 spiro atoms. The summed E-state index contributed by atoms with van der Waals surface area (Å²) < 4.78 is 0. The number of hydrogen-bond donors (Lipinski definition) is 1. The first-order valence-corrected chi connectivity index (χ1v) is 6.54. The summed E-state index contributed by atoms with van der Waals surface area (Å²) in [5, 5.41) is 8.98. The third-order valence-corrected chi connectivity index (χ3v) is 3.77. The number of carboxylic acid groups (broad SMARTS) is 1.